The van der Waals surface area contributed by atoms with E-state index < -0.39 is 23.8 Å². The zero-order valence-corrected chi connectivity index (χ0v) is 24.0. The third-order valence-corrected chi connectivity index (χ3v) is 7.41. The van der Waals surface area contributed by atoms with Gasteiger partial charge in [-0.3, -0.25) is 19.2 Å². The van der Waals surface area contributed by atoms with Crippen LogP contribution in [-0.4, -0.2) is 81.8 Å². The largest absolute Gasteiger partial charge is 0.460 e. The van der Waals surface area contributed by atoms with Crippen LogP contribution in [0.4, 0.5) is 0 Å². The number of nitrogens with zero attached hydrogens (tertiary/aromatic N) is 1. The van der Waals surface area contributed by atoms with Crippen LogP contribution in [0.3, 0.4) is 0 Å². The highest BCUT2D eigenvalue weighted by Crippen LogP contribution is 2.32. The summed E-state index contributed by atoms with van der Waals surface area (Å²) < 4.78 is 5.35. The van der Waals surface area contributed by atoms with Crippen molar-refractivity contribution in [3.63, 3.8) is 0 Å². The van der Waals surface area contributed by atoms with E-state index in [0.29, 0.717) is 32.1 Å². The number of fused-ring (bicyclic) bond motifs is 1. The van der Waals surface area contributed by atoms with Crippen molar-refractivity contribution in [3.8, 4) is 0 Å². The smallest absolute Gasteiger partial charge is 0.306 e. The van der Waals surface area contributed by atoms with Gasteiger partial charge in [0, 0.05) is 25.4 Å². The minimum absolute atomic E-state index is 0.0120. The van der Waals surface area contributed by atoms with Crippen molar-refractivity contribution in [2.45, 2.75) is 115 Å². The number of esters is 1. The quantitative estimate of drug-likeness (QED) is 0.286. The number of nitrogens with one attached hydrogen (secondary N) is 2. The van der Waals surface area contributed by atoms with Gasteiger partial charge in [0.05, 0.1) is 12.7 Å². The molecule has 222 valence electrons. The van der Waals surface area contributed by atoms with Crippen molar-refractivity contribution in [1.82, 2.24) is 15.5 Å². The van der Waals surface area contributed by atoms with Crippen LogP contribution >= 0.6 is 0 Å². The summed E-state index contributed by atoms with van der Waals surface area (Å²) in [6, 6.07) is 6.55. The fourth-order valence-corrected chi connectivity index (χ4v) is 5.36. The van der Waals surface area contributed by atoms with Crippen LogP contribution in [0.2, 0.25) is 0 Å². The van der Waals surface area contributed by atoms with E-state index in [9.17, 15) is 24.3 Å². The number of rotatable bonds is 12. The van der Waals surface area contributed by atoms with Crippen molar-refractivity contribution in [2.75, 3.05) is 13.2 Å². The van der Waals surface area contributed by atoms with E-state index in [-0.39, 0.29) is 55.7 Å². The second-order valence-electron chi connectivity index (χ2n) is 11.9. The van der Waals surface area contributed by atoms with E-state index in [0.717, 1.165) is 30.4 Å². The summed E-state index contributed by atoms with van der Waals surface area (Å²) in [5.74, 6) is -0.906. The second-order valence-corrected chi connectivity index (χ2v) is 11.9. The van der Waals surface area contributed by atoms with E-state index in [2.05, 4.69) is 10.6 Å². The highest BCUT2D eigenvalue weighted by molar-refractivity contribution is 5.93. The molecule has 2 aliphatic heterocycles. The lowest BCUT2D eigenvalue weighted by molar-refractivity contribution is -0.154. The maximum atomic E-state index is 13.4. The summed E-state index contributed by atoms with van der Waals surface area (Å²) in [5.41, 5.74) is 1.51. The molecule has 2 aliphatic rings. The van der Waals surface area contributed by atoms with E-state index >= 15 is 0 Å². The number of carbonyl (C=O) groups is 4. The number of aliphatic hydroxyl groups is 2. The average molecular weight is 560 g/mol. The molecular formula is C30H45N3O7. The molecule has 0 saturated carbocycles. The Balaban J connectivity index is 1.47. The second kappa shape index (κ2) is 14.6. The molecule has 40 heavy (non-hydrogen) atoms. The van der Waals surface area contributed by atoms with Gasteiger partial charge < -0.3 is 30.5 Å². The Morgan fingerprint density at radius 2 is 1.68 bits per heavy atom. The molecule has 0 bridgehead atoms. The predicted molar refractivity (Wildman–Crippen MR) is 149 cm³/mol. The van der Waals surface area contributed by atoms with E-state index in [1.165, 1.54) is 0 Å². The zero-order valence-electron chi connectivity index (χ0n) is 24.0. The molecule has 4 N–H and O–H groups in total. The van der Waals surface area contributed by atoms with E-state index in [1.54, 1.807) is 4.90 Å². The molecule has 1 unspecified atom stereocenters. The number of ether oxygens (including phenoxy) is 1. The molecule has 2 saturated heterocycles. The van der Waals surface area contributed by atoms with Crippen LogP contribution in [0.15, 0.2) is 24.3 Å². The fraction of sp³-hybridized carbons (Fsp3) is 0.667. The van der Waals surface area contributed by atoms with Gasteiger partial charge >= 0.3 is 5.97 Å². The molecule has 2 fully saturated rings. The molecule has 0 aromatic heterocycles. The van der Waals surface area contributed by atoms with Gasteiger partial charge in [0.2, 0.25) is 17.7 Å². The van der Waals surface area contributed by atoms with Crippen LogP contribution in [-0.2, 0) is 36.8 Å². The Morgan fingerprint density at radius 3 is 2.30 bits per heavy atom. The number of amides is 3. The maximum Gasteiger partial charge on any atom is 0.306 e. The highest BCUT2D eigenvalue weighted by Gasteiger charge is 2.44. The lowest BCUT2D eigenvalue weighted by atomic mass is 10.0. The predicted octanol–water partition coefficient (Wildman–Crippen LogP) is 1.78. The van der Waals surface area contributed by atoms with Gasteiger partial charge in [0.1, 0.15) is 17.7 Å². The fourth-order valence-electron chi connectivity index (χ4n) is 5.36. The third-order valence-electron chi connectivity index (χ3n) is 7.41. The number of hydrogen-bond donors (Lipinski definition) is 4. The van der Waals surface area contributed by atoms with Gasteiger partial charge in [-0.05, 0) is 83.3 Å². The molecular weight excluding hydrogens is 514 g/mol. The van der Waals surface area contributed by atoms with Crippen LogP contribution in [0.5, 0.6) is 0 Å². The summed E-state index contributed by atoms with van der Waals surface area (Å²) in [6.07, 6.45) is 4.45. The van der Waals surface area contributed by atoms with Crippen molar-refractivity contribution >= 4 is 23.7 Å². The zero-order chi connectivity index (χ0) is 29.3. The molecule has 0 radical (unpaired) electrons. The lowest BCUT2D eigenvalue weighted by Crippen LogP contribution is -2.54. The third kappa shape index (κ3) is 9.59. The monoisotopic (exact) mass is 559 g/mol. The van der Waals surface area contributed by atoms with Crippen molar-refractivity contribution < 1.29 is 34.1 Å². The molecule has 4 atom stereocenters. The Kier molecular flexibility index (Phi) is 11.5. The Hall–Kier alpha value is -2.98. The molecule has 10 nitrogen and oxygen atoms in total. The molecule has 0 aliphatic carbocycles. The van der Waals surface area contributed by atoms with Crippen molar-refractivity contribution in [1.29, 1.82) is 0 Å². The van der Waals surface area contributed by atoms with Gasteiger partial charge in [0.25, 0.3) is 0 Å². The molecule has 1 aromatic carbocycles. The van der Waals surface area contributed by atoms with Gasteiger partial charge in [0.15, 0.2) is 0 Å². The average Bonchev–Trinajstić information content (AvgIpc) is 3.26. The van der Waals surface area contributed by atoms with Crippen molar-refractivity contribution in [3.05, 3.63) is 35.4 Å². The van der Waals surface area contributed by atoms with E-state index in [1.807, 2.05) is 45.0 Å². The van der Waals surface area contributed by atoms with Gasteiger partial charge in [-0.15, -0.1) is 0 Å². The summed E-state index contributed by atoms with van der Waals surface area (Å²) in [7, 11) is 0. The topological polar surface area (TPSA) is 145 Å². The van der Waals surface area contributed by atoms with Crippen LogP contribution < -0.4 is 10.6 Å². The van der Waals surface area contributed by atoms with Crippen molar-refractivity contribution in [2.24, 2.45) is 0 Å². The Morgan fingerprint density at radius 1 is 1.02 bits per heavy atom. The minimum atomic E-state index is -0.891. The number of benzene rings is 1. The number of aliphatic hydroxyl groups excluding tert-OH is 2. The Bertz CT molecular complexity index is 1020. The first-order chi connectivity index (χ1) is 19.0. The highest BCUT2D eigenvalue weighted by atomic mass is 16.6. The SMILES string of the molecule is CC(C)(C)OC(=O)CCc1ccc(CCC(=O)N[C@H]2CCCC3CC[C@@H](C(=O)NCC[C@@H](O)CO)N3C2=O)cc1. The van der Waals surface area contributed by atoms with Gasteiger partial charge in [-0.1, -0.05) is 24.3 Å². The van der Waals surface area contributed by atoms with Crippen LogP contribution in [0.1, 0.15) is 83.3 Å². The minimum Gasteiger partial charge on any atom is -0.460 e. The number of aryl methyl sites for hydroxylation is 2. The molecule has 3 rings (SSSR count). The summed E-state index contributed by atoms with van der Waals surface area (Å²) >= 11 is 0. The summed E-state index contributed by atoms with van der Waals surface area (Å²) in [6.45, 7) is 5.38. The number of hydrogen-bond acceptors (Lipinski definition) is 7. The molecule has 2 heterocycles. The standard InChI is InChI=1S/C30H45N3O7/c1-30(2,3)40-27(37)16-12-21-9-7-20(8-10-21)11-15-26(36)32-24-6-4-5-22-13-14-25(33(22)29(24)39)28(38)31-18-17-23(35)19-34/h7-10,22-25,34-35H,4-6,11-19H2,1-3H3,(H,31,38)(H,32,36)/t22?,23-,24+,25+/m1/s1. The van der Waals surface area contributed by atoms with E-state index in [4.69, 9.17) is 9.84 Å². The summed E-state index contributed by atoms with van der Waals surface area (Å²) in [5, 5.41) is 24.1. The van der Waals surface area contributed by atoms with Gasteiger partial charge in [-0.25, -0.2) is 0 Å². The van der Waals surface area contributed by atoms with Crippen LogP contribution in [0.25, 0.3) is 0 Å². The maximum absolute atomic E-state index is 13.4. The normalized spacial score (nSPS) is 21.8. The Labute approximate surface area is 236 Å². The molecule has 0 spiro atoms. The molecule has 1 aromatic rings. The van der Waals surface area contributed by atoms with Crippen LogP contribution in [0, 0.1) is 0 Å². The number of carbonyl (C=O) groups excluding carboxylic acids is 4. The first-order valence-electron chi connectivity index (χ1n) is 14.4. The lowest BCUT2D eigenvalue weighted by Gasteiger charge is -2.30. The first-order valence-corrected chi connectivity index (χ1v) is 14.4. The molecule has 10 heteroatoms. The summed E-state index contributed by atoms with van der Waals surface area (Å²) in [4.78, 5) is 52.6. The molecule has 3 amide bonds. The first kappa shape index (κ1) is 31.5. The van der Waals surface area contributed by atoms with Gasteiger partial charge in [-0.2, -0.15) is 0 Å².